The molecule has 2 amide bonds. The normalized spacial score (nSPS) is 14.9. The van der Waals surface area contributed by atoms with Gasteiger partial charge in [0.15, 0.2) is 0 Å². The number of fused-ring (bicyclic) bond motifs is 11. The number of carbonyl (C=O) groups excluding carboxylic acids is 2. The Balaban J connectivity index is 0.900. The van der Waals surface area contributed by atoms with Crippen molar-refractivity contribution in [1.29, 1.82) is 0 Å². The van der Waals surface area contributed by atoms with Gasteiger partial charge in [0.1, 0.15) is 0 Å². The van der Waals surface area contributed by atoms with Crippen molar-refractivity contribution in [3.8, 4) is 44.5 Å². The van der Waals surface area contributed by atoms with E-state index in [9.17, 15) is 19.5 Å². The zero-order chi connectivity index (χ0) is 51.4. The number of aliphatic carboxylic acids is 1. The van der Waals surface area contributed by atoms with Crippen molar-refractivity contribution in [2.75, 3.05) is 4.90 Å². The third-order valence-corrected chi connectivity index (χ3v) is 17.5. The van der Waals surface area contributed by atoms with Crippen molar-refractivity contribution in [2.24, 2.45) is 0 Å². The number of carboxylic acids is 1. The molecule has 0 atom stereocenters. The third-order valence-electron chi connectivity index (χ3n) is 17.5. The molecule has 0 bridgehead atoms. The van der Waals surface area contributed by atoms with E-state index in [0.717, 1.165) is 65.9 Å². The van der Waals surface area contributed by atoms with E-state index >= 15 is 0 Å². The molecular weight excluding hydrogens is 921 g/mol. The quantitative estimate of drug-likeness (QED) is 0.0900. The molecular formula is C69H52N2O4. The predicted octanol–water partition coefficient (Wildman–Crippen LogP) is 16.3. The first-order valence-electron chi connectivity index (χ1n) is 25.9. The molecule has 3 aliphatic rings. The average Bonchev–Trinajstić information content (AvgIpc) is 3.89. The summed E-state index contributed by atoms with van der Waals surface area (Å²) in [5.74, 6) is -1.57. The van der Waals surface area contributed by atoms with Gasteiger partial charge in [-0.15, -0.1) is 0 Å². The van der Waals surface area contributed by atoms with Gasteiger partial charge in [0.2, 0.25) is 6.41 Å². The highest BCUT2D eigenvalue weighted by Gasteiger charge is 2.40. The fraction of sp³-hybridized carbons (Fsp3) is 0.145. The van der Waals surface area contributed by atoms with Gasteiger partial charge in [0.25, 0.3) is 5.91 Å². The van der Waals surface area contributed by atoms with Gasteiger partial charge in [0.05, 0.1) is 6.42 Å². The van der Waals surface area contributed by atoms with E-state index in [0.29, 0.717) is 17.4 Å². The first-order valence-corrected chi connectivity index (χ1v) is 25.9. The van der Waals surface area contributed by atoms with Gasteiger partial charge in [0, 0.05) is 38.9 Å². The number of hydrogen-bond acceptors (Lipinski definition) is 4. The summed E-state index contributed by atoms with van der Waals surface area (Å²) >= 11 is 0. The van der Waals surface area contributed by atoms with E-state index < -0.39 is 11.9 Å². The molecule has 0 unspecified atom stereocenters. The molecule has 6 heteroatoms. The van der Waals surface area contributed by atoms with Crippen molar-refractivity contribution in [3.05, 3.63) is 220 Å². The lowest BCUT2D eigenvalue weighted by Gasteiger charge is -2.31. The minimum Gasteiger partial charge on any atom is -0.481 e. The number of imide groups is 1. The number of anilines is 3. The van der Waals surface area contributed by atoms with Gasteiger partial charge >= 0.3 is 5.97 Å². The van der Waals surface area contributed by atoms with Crippen molar-refractivity contribution in [3.63, 3.8) is 0 Å². The summed E-state index contributed by atoms with van der Waals surface area (Å²) in [4.78, 5) is 39.3. The lowest BCUT2D eigenvalue weighted by atomic mass is 9.80. The van der Waals surface area contributed by atoms with Gasteiger partial charge in [-0.05, 0) is 175 Å². The maximum absolute atomic E-state index is 13.3. The third kappa shape index (κ3) is 6.17. The highest BCUT2D eigenvalue weighted by Crippen LogP contribution is 2.56. The largest absolute Gasteiger partial charge is 0.481 e. The van der Waals surface area contributed by atoms with Crippen molar-refractivity contribution >= 4 is 78.4 Å². The molecule has 0 aromatic heterocycles. The highest BCUT2D eigenvalue weighted by atomic mass is 16.4. The van der Waals surface area contributed by atoms with E-state index in [1.165, 1.54) is 66.8 Å². The first kappa shape index (κ1) is 44.8. The Morgan fingerprint density at radius 1 is 0.440 bits per heavy atom. The lowest BCUT2D eigenvalue weighted by molar-refractivity contribution is -0.136. The van der Waals surface area contributed by atoms with Crippen molar-refractivity contribution < 1.29 is 19.5 Å². The Morgan fingerprint density at radius 3 is 1.44 bits per heavy atom. The number of carboxylic acid groups (broad SMARTS) is 1. The number of nitrogens with zero attached hydrogens (tertiary/aromatic N) is 1. The van der Waals surface area contributed by atoms with E-state index in [4.69, 9.17) is 0 Å². The van der Waals surface area contributed by atoms with Crippen LogP contribution in [-0.4, -0.2) is 23.4 Å². The number of carbonyl (C=O) groups is 3. The molecule has 0 saturated heterocycles. The molecule has 3 aliphatic carbocycles. The Bertz CT molecular complexity index is 4240. The van der Waals surface area contributed by atoms with Crippen LogP contribution in [0.5, 0.6) is 0 Å². The van der Waals surface area contributed by atoms with Crippen LogP contribution in [0, 0.1) is 0 Å². The Morgan fingerprint density at radius 2 is 0.880 bits per heavy atom. The maximum Gasteiger partial charge on any atom is 0.307 e. The number of amides is 2. The monoisotopic (exact) mass is 972 g/mol. The number of benzene rings is 11. The number of nitrogens with one attached hydrogen (secondary N) is 1. The molecule has 0 aliphatic heterocycles. The van der Waals surface area contributed by atoms with Crippen LogP contribution in [-0.2, 0) is 32.3 Å². The molecule has 6 nitrogen and oxygen atoms in total. The van der Waals surface area contributed by atoms with Crippen LogP contribution in [0.4, 0.5) is 17.1 Å². The minimum atomic E-state index is -1.000. The van der Waals surface area contributed by atoms with E-state index in [1.54, 1.807) is 6.07 Å². The molecule has 0 heterocycles. The molecule has 362 valence electrons. The summed E-state index contributed by atoms with van der Waals surface area (Å²) in [5, 5.41) is 19.6. The molecule has 2 N–H and O–H groups in total. The van der Waals surface area contributed by atoms with Crippen molar-refractivity contribution in [2.45, 2.75) is 64.2 Å². The topological polar surface area (TPSA) is 86.7 Å². The molecule has 0 fully saturated rings. The first-order chi connectivity index (χ1) is 36.2. The average molecular weight is 973 g/mol. The zero-order valence-electron chi connectivity index (χ0n) is 42.6. The van der Waals surface area contributed by atoms with Crippen LogP contribution in [0.1, 0.15) is 90.8 Å². The van der Waals surface area contributed by atoms with Gasteiger partial charge in [-0.1, -0.05) is 169 Å². The highest BCUT2D eigenvalue weighted by molar-refractivity contribution is 6.36. The minimum absolute atomic E-state index is 0.160. The summed E-state index contributed by atoms with van der Waals surface area (Å²) in [6.07, 6.45) is 0.100. The zero-order valence-corrected chi connectivity index (χ0v) is 42.6. The van der Waals surface area contributed by atoms with Crippen LogP contribution in [0.2, 0.25) is 0 Å². The van der Waals surface area contributed by atoms with Gasteiger partial charge in [-0.3, -0.25) is 19.7 Å². The summed E-state index contributed by atoms with van der Waals surface area (Å²) in [5.41, 5.74) is 21.4. The van der Waals surface area contributed by atoms with Crippen LogP contribution < -0.4 is 10.2 Å². The van der Waals surface area contributed by atoms with Crippen LogP contribution in [0.15, 0.2) is 176 Å². The fourth-order valence-electron chi connectivity index (χ4n) is 13.9. The van der Waals surface area contributed by atoms with Gasteiger partial charge in [-0.25, -0.2) is 0 Å². The molecule has 0 radical (unpaired) electrons. The number of hydrogen-bond donors (Lipinski definition) is 2. The summed E-state index contributed by atoms with van der Waals surface area (Å²) in [6.45, 7) is 14.1. The molecule has 75 heavy (non-hydrogen) atoms. The SMILES string of the molecule is CC1(C)c2ccccc2-c2ccc(N(c3ccc4c(c3)C(C)(C)c3ccccc3-4)c3ccc4c(c3)C(C)(C)c3cc(-c5ccc6c7ccc(CC(=O)O)c8c(C(=O)NC=O)ccc(c9cccc5c69)c87)ccc3-4)cc21. The Labute approximate surface area is 435 Å². The summed E-state index contributed by atoms with van der Waals surface area (Å²) in [7, 11) is 0. The molecule has 11 aromatic carbocycles. The Kier molecular flexibility index (Phi) is 9.31. The second-order valence-electron chi connectivity index (χ2n) is 22.5. The van der Waals surface area contributed by atoms with Crippen LogP contribution >= 0.6 is 0 Å². The van der Waals surface area contributed by atoms with E-state index in [-0.39, 0.29) is 28.2 Å². The van der Waals surface area contributed by atoms with Gasteiger partial charge < -0.3 is 10.0 Å². The fourth-order valence-corrected chi connectivity index (χ4v) is 13.9. The predicted molar refractivity (Wildman–Crippen MR) is 305 cm³/mol. The summed E-state index contributed by atoms with van der Waals surface area (Å²) in [6, 6.07) is 64.1. The molecule has 0 spiro atoms. The second kappa shape index (κ2) is 15.6. The smallest absolute Gasteiger partial charge is 0.307 e. The molecule has 0 saturated carbocycles. The van der Waals surface area contributed by atoms with Crippen LogP contribution in [0.3, 0.4) is 0 Å². The van der Waals surface area contributed by atoms with Crippen molar-refractivity contribution in [1.82, 2.24) is 5.32 Å². The van der Waals surface area contributed by atoms with Gasteiger partial charge in [-0.2, -0.15) is 0 Å². The standard InChI is InChI=1S/C69H52N2O4/c1-67(2)56-16-9-7-12-44(56)47-25-20-40(34-59(47)67)71(41-21-26-48-45-13-8-10-17-57(45)68(3,4)60(48)35-41)42-22-27-49-46-23-18-38(32-58(46)69(5,6)61(49)36-42)43-28-29-52-53-24-19-39(33-62(73)74)63-55(66(75)70-37-72)31-30-54(65(53)63)51-15-11-14-50(43)64(51)52/h7-32,34-37H,33H2,1-6H3,(H,73,74)(H,70,72,75). The number of rotatable bonds is 8. The van der Waals surface area contributed by atoms with E-state index in [1.807, 2.05) is 18.2 Å². The second-order valence-corrected chi connectivity index (χ2v) is 22.5. The van der Waals surface area contributed by atoms with E-state index in [2.05, 4.69) is 203 Å². The maximum atomic E-state index is 13.3. The lowest BCUT2D eigenvalue weighted by Crippen LogP contribution is -2.22. The molecule has 11 aromatic rings. The summed E-state index contributed by atoms with van der Waals surface area (Å²) < 4.78 is 0. The molecule has 14 rings (SSSR count). The van der Waals surface area contributed by atoms with Crippen LogP contribution in [0.25, 0.3) is 87.6 Å². The Hall–Kier alpha value is -8.87.